The Bertz CT molecular complexity index is 419. The van der Waals surface area contributed by atoms with Crippen LogP contribution in [0.1, 0.15) is 24.8 Å². The van der Waals surface area contributed by atoms with Crippen LogP contribution in [0.4, 0.5) is 10.1 Å². The molecule has 1 aliphatic rings. The second-order valence-corrected chi connectivity index (χ2v) is 3.98. The average molecular weight is 223 g/mol. The van der Waals surface area contributed by atoms with Crippen LogP contribution < -0.4 is 5.73 Å². The Labute approximate surface area is 93.4 Å². The van der Waals surface area contributed by atoms with Crippen LogP contribution in [-0.2, 0) is 9.53 Å². The zero-order valence-corrected chi connectivity index (χ0v) is 9.07. The number of benzene rings is 1. The Morgan fingerprint density at radius 2 is 2.38 bits per heavy atom. The highest BCUT2D eigenvalue weighted by Gasteiger charge is 2.46. The quantitative estimate of drug-likeness (QED) is 0.630. The van der Waals surface area contributed by atoms with Crippen molar-refractivity contribution < 1.29 is 13.9 Å². The number of hydrogen-bond acceptors (Lipinski definition) is 3. The van der Waals surface area contributed by atoms with Crippen LogP contribution in [0.15, 0.2) is 18.2 Å². The topological polar surface area (TPSA) is 52.3 Å². The summed E-state index contributed by atoms with van der Waals surface area (Å²) in [6.07, 6.45) is 0.666. The first-order valence-corrected chi connectivity index (χ1v) is 5.35. The number of carbonyl (C=O) groups excluding carboxylic acids is 1. The number of ether oxygens (including phenoxy) is 1. The summed E-state index contributed by atoms with van der Waals surface area (Å²) in [6, 6.07) is 4.59. The van der Waals surface area contributed by atoms with Crippen molar-refractivity contribution in [2.45, 2.75) is 19.3 Å². The van der Waals surface area contributed by atoms with Crippen LogP contribution in [-0.4, -0.2) is 12.6 Å². The van der Waals surface area contributed by atoms with Gasteiger partial charge in [0.25, 0.3) is 0 Å². The highest BCUT2D eigenvalue weighted by atomic mass is 19.1. The summed E-state index contributed by atoms with van der Waals surface area (Å²) in [5.74, 6) is -0.793. The number of hydrogen-bond donors (Lipinski definition) is 1. The number of carbonyl (C=O) groups is 1. The molecular weight excluding hydrogens is 209 g/mol. The summed E-state index contributed by atoms with van der Waals surface area (Å²) in [5.41, 5.74) is 6.42. The Morgan fingerprint density at radius 1 is 1.62 bits per heavy atom. The second kappa shape index (κ2) is 4.12. The number of esters is 1. The molecule has 1 saturated carbocycles. The van der Waals surface area contributed by atoms with Gasteiger partial charge in [0.2, 0.25) is 0 Å². The summed E-state index contributed by atoms with van der Waals surface area (Å²) in [5, 5.41) is 0. The molecule has 1 fully saturated rings. The highest BCUT2D eigenvalue weighted by Crippen LogP contribution is 2.49. The van der Waals surface area contributed by atoms with Crippen LogP contribution >= 0.6 is 0 Å². The lowest BCUT2D eigenvalue weighted by Gasteiger charge is -2.03. The molecule has 1 aromatic carbocycles. The fourth-order valence-electron chi connectivity index (χ4n) is 1.89. The van der Waals surface area contributed by atoms with Gasteiger partial charge in [0.05, 0.1) is 12.5 Å². The molecule has 0 spiro atoms. The molecule has 0 bridgehead atoms. The first-order chi connectivity index (χ1) is 7.63. The first kappa shape index (κ1) is 10.9. The molecule has 2 atom stereocenters. The van der Waals surface area contributed by atoms with E-state index in [0.717, 1.165) is 0 Å². The van der Waals surface area contributed by atoms with E-state index in [1.807, 2.05) is 0 Å². The average Bonchev–Trinajstić information content (AvgIpc) is 2.98. The number of nitrogens with two attached hydrogens (primary N) is 1. The van der Waals surface area contributed by atoms with E-state index >= 15 is 0 Å². The van der Waals surface area contributed by atoms with Crippen molar-refractivity contribution in [1.82, 2.24) is 0 Å². The lowest BCUT2D eigenvalue weighted by molar-refractivity contribution is -0.144. The molecule has 0 amide bonds. The van der Waals surface area contributed by atoms with Gasteiger partial charge in [-0.05, 0) is 31.0 Å². The van der Waals surface area contributed by atoms with E-state index in [9.17, 15) is 9.18 Å². The van der Waals surface area contributed by atoms with Gasteiger partial charge in [-0.1, -0.05) is 6.07 Å². The lowest BCUT2D eigenvalue weighted by atomic mass is 10.1. The van der Waals surface area contributed by atoms with Crippen molar-refractivity contribution in [2.24, 2.45) is 5.92 Å². The fourth-order valence-corrected chi connectivity index (χ4v) is 1.89. The molecule has 16 heavy (non-hydrogen) atoms. The van der Waals surface area contributed by atoms with E-state index in [2.05, 4.69) is 0 Å². The minimum absolute atomic E-state index is 0.0420. The number of nitrogen functional groups attached to an aromatic ring is 1. The molecule has 0 saturated heterocycles. The summed E-state index contributed by atoms with van der Waals surface area (Å²) in [6.45, 7) is 2.13. The predicted molar refractivity (Wildman–Crippen MR) is 58.3 cm³/mol. The van der Waals surface area contributed by atoms with Gasteiger partial charge in [0.15, 0.2) is 0 Å². The molecule has 86 valence electrons. The largest absolute Gasteiger partial charge is 0.466 e. The van der Waals surface area contributed by atoms with E-state index in [1.165, 1.54) is 6.07 Å². The maximum atomic E-state index is 13.5. The van der Waals surface area contributed by atoms with E-state index in [1.54, 1.807) is 19.1 Å². The van der Waals surface area contributed by atoms with Gasteiger partial charge in [0, 0.05) is 11.6 Å². The van der Waals surface area contributed by atoms with Crippen LogP contribution in [0.2, 0.25) is 0 Å². The molecule has 0 unspecified atom stereocenters. The van der Waals surface area contributed by atoms with Crippen molar-refractivity contribution in [1.29, 1.82) is 0 Å². The van der Waals surface area contributed by atoms with Crippen molar-refractivity contribution in [3.8, 4) is 0 Å². The molecular formula is C12H14FNO2. The molecule has 1 aromatic rings. The van der Waals surface area contributed by atoms with Gasteiger partial charge in [-0.25, -0.2) is 4.39 Å². The molecule has 0 aromatic heterocycles. The van der Waals surface area contributed by atoms with E-state index < -0.39 is 0 Å². The van der Waals surface area contributed by atoms with Crippen molar-refractivity contribution in [2.75, 3.05) is 12.3 Å². The Hall–Kier alpha value is -1.58. The predicted octanol–water partition coefficient (Wildman–Crippen LogP) is 2.07. The monoisotopic (exact) mass is 223 g/mol. The standard InChI is InChI=1S/C12H14FNO2/c1-2-16-12(15)10-6-9(10)8-4-3-7(14)5-11(8)13/h3-5,9-10H,2,6,14H2,1H3/t9-,10+/m0/s1. The van der Waals surface area contributed by atoms with Gasteiger partial charge < -0.3 is 10.5 Å². The van der Waals surface area contributed by atoms with Crippen molar-refractivity contribution >= 4 is 11.7 Å². The number of halogens is 1. The maximum absolute atomic E-state index is 13.5. The third-order valence-electron chi connectivity index (χ3n) is 2.80. The SMILES string of the molecule is CCOC(=O)[C@@H]1C[C@H]1c1ccc(N)cc1F. The van der Waals surface area contributed by atoms with Crippen LogP contribution in [0.5, 0.6) is 0 Å². The van der Waals surface area contributed by atoms with Crippen LogP contribution in [0.25, 0.3) is 0 Å². The Morgan fingerprint density at radius 3 is 3.00 bits per heavy atom. The second-order valence-electron chi connectivity index (χ2n) is 3.98. The molecule has 2 N–H and O–H groups in total. The minimum Gasteiger partial charge on any atom is -0.466 e. The van der Waals surface area contributed by atoms with Gasteiger partial charge >= 0.3 is 5.97 Å². The molecule has 3 nitrogen and oxygen atoms in total. The van der Waals surface area contributed by atoms with Gasteiger partial charge in [-0.15, -0.1) is 0 Å². The molecule has 4 heteroatoms. The fraction of sp³-hybridized carbons (Fsp3) is 0.417. The highest BCUT2D eigenvalue weighted by molar-refractivity contribution is 5.77. The van der Waals surface area contributed by atoms with E-state index in [-0.39, 0.29) is 23.6 Å². The summed E-state index contributed by atoms with van der Waals surface area (Å²) in [4.78, 5) is 11.4. The minimum atomic E-state index is -0.336. The third-order valence-corrected chi connectivity index (χ3v) is 2.80. The zero-order valence-electron chi connectivity index (χ0n) is 9.07. The third kappa shape index (κ3) is 2.01. The molecule has 0 heterocycles. The number of anilines is 1. The molecule has 0 aliphatic heterocycles. The van der Waals surface area contributed by atoms with Crippen molar-refractivity contribution in [3.05, 3.63) is 29.6 Å². The van der Waals surface area contributed by atoms with E-state index in [4.69, 9.17) is 10.5 Å². The normalized spacial score (nSPS) is 22.9. The zero-order chi connectivity index (χ0) is 11.7. The molecule has 1 aliphatic carbocycles. The van der Waals surface area contributed by atoms with Gasteiger partial charge in [-0.2, -0.15) is 0 Å². The molecule has 0 radical (unpaired) electrons. The lowest BCUT2D eigenvalue weighted by Crippen LogP contribution is -2.07. The summed E-state index contributed by atoms with van der Waals surface area (Å²) in [7, 11) is 0. The van der Waals surface area contributed by atoms with Crippen molar-refractivity contribution in [3.63, 3.8) is 0 Å². The van der Waals surface area contributed by atoms with Gasteiger partial charge in [-0.3, -0.25) is 4.79 Å². The summed E-state index contributed by atoms with van der Waals surface area (Å²) < 4.78 is 18.4. The summed E-state index contributed by atoms with van der Waals surface area (Å²) >= 11 is 0. The smallest absolute Gasteiger partial charge is 0.309 e. The maximum Gasteiger partial charge on any atom is 0.309 e. The van der Waals surface area contributed by atoms with Crippen LogP contribution in [0.3, 0.4) is 0 Å². The van der Waals surface area contributed by atoms with Gasteiger partial charge in [0.1, 0.15) is 5.82 Å². The Balaban J connectivity index is 2.08. The number of rotatable bonds is 3. The first-order valence-electron chi connectivity index (χ1n) is 5.35. The van der Waals surface area contributed by atoms with E-state index in [0.29, 0.717) is 24.3 Å². The molecule has 2 rings (SSSR count). The Kier molecular flexibility index (Phi) is 2.81. The van der Waals surface area contributed by atoms with Crippen LogP contribution in [0, 0.1) is 11.7 Å².